The van der Waals surface area contributed by atoms with Crippen molar-refractivity contribution in [3.05, 3.63) is 0 Å². The van der Waals surface area contributed by atoms with Gasteiger partial charge in [0.15, 0.2) is 0 Å². The maximum atomic E-state index is 11.5. The Morgan fingerprint density at radius 1 is 1.60 bits per heavy atom. The van der Waals surface area contributed by atoms with Crippen LogP contribution >= 0.6 is 0 Å². The van der Waals surface area contributed by atoms with Crippen molar-refractivity contribution in [2.45, 2.75) is 32.7 Å². The van der Waals surface area contributed by atoms with Crippen LogP contribution in [-0.2, 0) is 4.74 Å². The quantitative estimate of drug-likeness (QED) is 0.773. The highest BCUT2D eigenvalue weighted by molar-refractivity contribution is 5.67. The van der Waals surface area contributed by atoms with Gasteiger partial charge in [0.25, 0.3) is 0 Å². The second-order valence-corrected chi connectivity index (χ2v) is 4.43. The third-order valence-electron chi connectivity index (χ3n) is 2.89. The molecule has 1 atom stereocenters. The summed E-state index contributed by atoms with van der Waals surface area (Å²) in [5.74, 6) is 0.570. The molecule has 0 bridgehead atoms. The van der Waals surface area contributed by atoms with E-state index in [1.54, 1.807) is 4.90 Å². The van der Waals surface area contributed by atoms with Gasteiger partial charge in [0.2, 0.25) is 0 Å². The summed E-state index contributed by atoms with van der Waals surface area (Å²) in [7, 11) is 1.44. The molecule has 4 nitrogen and oxygen atoms in total. The van der Waals surface area contributed by atoms with Crippen LogP contribution in [0.2, 0.25) is 0 Å². The zero-order valence-corrected chi connectivity index (χ0v) is 9.95. The minimum absolute atomic E-state index is 0.208. The van der Waals surface area contributed by atoms with Gasteiger partial charge in [0.05, 0.1) is 7.11 Å². The molecule has 1 unspecified atom stereocenters. The lowest BCUT2D eigenvalue weighted by Gasteiger charge is -2.31. The lowest BCUT2D eigenvalue weighted by atomic mass is 9.99. The van der Waals surface area contributed by atoms with E-state index in [1.165, 1.54) is 20.0 Å². The predicted octanol–water partition coefficient (Wildman–Crippen LogP) is 1.46. The molecule has 1 heterocycles. The SMILES string of the molecule is COC(=O)N(CC1CCCNC1)C(C)C. The summed E-state index contributed by atoms with van der Waals surface area (Å²) in [6, 6.07) is 0.208. The highest BCUT2D eigenvalue weighted by Gasteiger charge is 2.22. The highest BCUT2D eigenvalue weighted by atomic mass is 16.5. The first-order valence-corrected chi connectivity index (χ1v) is 5.70. The van der Waals surface area contributed by atoms with Crippen LogP contribution in [0.25, 0.3) is 0 Å². The zero-order chi connectivity index (χ0) is 11.3. The molecular weight excluding hydrogens is 192 g/mol. The topological polar surface area (TPSA) is 41.6 Å². The number of carbonyl (C=O) groups excluding carboxylic acids is 1. The average molecular weight is 214 g/mol. The summed E-state index contributed by atoms with van der Waals surface area (Å²) < 4.78 is 4.78. The largest absolute Gasteiger partial charge is 0.453 e. The standard InChI is InChI=1S/C11H22N2O2/c1-9(2)13(11(14)15-3)8-10-5-4-6-12-7-10/h9-10,12H,4-8H2,1-3H3. The van der Waals surface area contributed by atoms with Gasteiger partial charge in [-0.15, -0.1) is 0 Å². The number of nitrogens with one attached hydrogen (secondary N) is 1. The van der Waals surface area contributed by atoms with E-state index in [2.05, 4.69) is 5.32 Å². The zero-order valence-electron chi connectivity index (χ0n) is 9.95. The summed E-state index contributed by atoms with van der Waals surface area (Å²) in [6.45, 7) is 6.97. The fourth-order valence-electron chi connectivity index (χ4n) is 1.97. The molecule has 88 valence electrons. The van der Waals surface area contributed by atoms with Crippen LogP contribution in [0.5, 0.6) is 0 Å². The molecule has 1 N–H and O–H groups in total. The van der Waals surface area contributed by atoms with E-state index < -0.39 is 0 Å². The Kier molecular flexibility index (Phi) is 4.88. The molecule has 1 amide bonds. The number of carbonyl (C=O) groups is 1. The van der Waals surface area contributed by atoms with E-state index >= 15 is 0 Å². The van der Waals surface area contributed by atoms with Gasteiger partial charge in [-0.2, -0.15) is 0 Å². The Labute approximate surface area is 92.0 Å². The van der Waals surface area contributed by atoms with Gasteiger partial charge in [0.1, 0.15) is 0 Å². The number of methoxy groups -OCH3 is 1. The molecule has 4 heteroatoms. The van der Waals surface area contributed by atoms with Crippen molar-refractivity contribution >= 4 is 6.09 Å². The number of rotatable bonds is 3. The molecule has 0 aromatic heterocycles. The molecule has 0 aliphatic carbocycles. The lowest BCUT2D eigenvalue weighted by Crippen LogP contribution is -2.44. The number of piperidine rings is 1. The summed E-state index contributed by atoms with van der Waals surface area (Å²) in [5, 5.41) is 3.36. The molecule has 1 fully saturated rings. The van der Waals surface area contributed by atoms with Gasteiger partial charge in [-0.05, 0) is 45.7 Å². The fourth-order valence-corrected chi connectivity index (χ4v) is 1.97. The van der Waals surface area contributed by atoms with Crippen molar-refractivity contribution in [1.82, 2.24) is 10.2 Å². The number of amides is 1. The van der Waals surface area contributed by atoms with E-state index in [0.29, 0.717) is 5.92 Å². The Balaban J connectivity index is 2.46. The average Bonchev–Trinajstić information content (AvgIpc) is 2.26. The second-order valence-electron chi connectivity index (χ2n) is 4.43. The fraction of sp³-hybridized carbons (Fsp3) is 0.909. The van der Waals surface area contributed by atoms with Crippen LogP contribution in [0.3, 0.4) is 0 Å². The molecule has 0 radical (unpaired) electrons. The molecule has 1 aliphatic rings. The minimum atomic E-state index is -0.212. The van der Waals surface area contributed by atoms with Gasteiger partial charge in [-0.25, -0.2) is 4.79 Å². The maximum Gasteiger partial charge on any atom is 0.409 e. The summed E-state index contributed by atoms with van der Waals surface area (Å²) in [4.78, 5) is 13.3. The molecule has 0 spiro atoms. The summed E-state index contributed by atoms with van der Waals surface area (Å²) in [6.07, 6.45) is 2.20. The number of hydrogen-bond donors (Lipinski definition) is 1. The smallest absolute Gasteiger partial charge is 0.409 e. The molecule has 0 saturated carbocycles. The molecule has 0 aromatic rings. The van der Waals surface area contributed by atoms with Crippen molar-refractivity contribution in [2.75, 3.05) is 26.7 Å². The monoisotopic (exact) mass is 214 g/mol. The van der Waals surface area contributed by atoms with Crippen LogP contribution < -0.4 is 5.32 Å². The van der Waals surface area contributed by atoms with Crippen molar-refractivity contribution < 1.29 is 9.53 Å². The Hall–Kier alpha value is -0.770. The first-order chi connectivity index (χ1) is 7.15. The van der Waals surface area contributed by atoms with Crippen molar-refractivity contribution in [2.24, 2.45) is 5.92 Å². The van der Waals surface area contributed by atoms with E-state index in [9.17, 15) is 4.79 Å². The maximum absolute atomic E-state index is 11.5. The third kappa shape index (κ3) is 3.70. The first kappa shape index (κ1) is 12.3. The van der Waals surface area contributed by atoms with Crippen molar-refractivity contribution in [3.8, 4) is 0 Å². The molecule has 1 rings (SSSR count). The molecule has 15 heavy (non-hydrogen) atoms. The normalized spacial score (nSPS) is 21.5. The lowest BCUT2D eigenvalue weighted by molar-refractivity contribution is 0.0997. The number of hydrogen-bond acceptors (Lipinski definition) is 3. The van der Waals surface area contributed by atoms with E-state index in [0.717, 1.165) is 19.6 Å². The number of ether oxygens (including phenoxy) is 1. The van der Waals surface area contributed by atoms with Crippen LogP contribution in [0, 0.1) is 5.92 Å². The highest BCUT2D eigenvalue weighted by Crippen LogP contribution is 2.14. The second kappa shape index (κ2) is 5.95. The van der Waals surface area contributed by atoms with Crippen LogP contribution in [0.15, 0.2) is 0 Å². The summed E-state index contributed by atoms with van der Waals surface area (Å²) >= 11 is 0. The van der Waals surface area contributed by atoms with Gasteiger partial charge < -0.3 is 15.0 Å². The van der Waals surface area contributed by atoms with Crippen LogP contribution in [0.1, 0.15) is 26.7 Å². The molecule has 1 saturated heterocycles. The van der Waals surface area contributed by atoms with Crippen molar-refractivity contribution in [3.63, 3.8) is 0 Å². The third-order valence-corrected chi connectivity index (χ3v) is 2.89. The Bertz CT molecular complexity index is 201. The Morgan fingerprint density at radius 2 is 2.33 bits per heavy atom. The molecular formula is C11H22N2O2. The first-order valence-electron chi connectivity index (χ1n) is 5.70. The predicted molar refractivity (Wildman–Crippen MR) is 59.8 cm³/mol. The Morgan fingerprint density at radius 3 is 2.80 bits per heavy atom. The van der Waals surface area contributed by atoms with E-state index in [1.807, 2.05) is 13.8 Å². The van der Waals surface area contributed by atoms with E-state index in [-0.39, 0.29) is 12.1 Å². The van der Waals surface area contributed by atoms with Gasteiger partial charge in [-0.3, -0.25) is 0 Å². The number of nitrogens with zero attached hydrogens (tertiary/aromatic N) is 1. The van der Waals surface area contributed by atoms with Gasteiger partial charge in [-0.1, -0.05) is 0 Å². The summed E-state index contributed by atoms with van der Waals surface area (Å²) in [5.41, 5.74) is 0. The van der Waals surface area contributed by atoms with Crippen LogP contribution in [0.4, 0.5) is 4.79 Å². The molecule has 1 aliphatic heterocycles. The van der Waals surface area contributed by atoms with E-state index in [4.69, 9.17) is 4.74 Å². The van der Waals surface area contributed by atoms with Crippen LogP contribution in [-0.4, -0.2) is 43.8 Å². The minimum Gasteiger partial charge on any atom is -0.453 e. The van der Waals surface area contributed by atoms with Gasteiger partial charge >= 0.3 is 6.09 Å². The van der Waals surface area contributed by atoms with Crippen molar-refractivity contribution in [1.29, 1.82) is 0 Å². The van der Waals surface area contributed by atoms with Gasteiger partial charge in [0, 0.05) is 12.6 Å². The molecule has 0 aromatic carbocycles.